The molecule has 0 fully saturated rings. The van der Waals surface area contributed by atoms with Crippen LogP contribution in [0.15, 0.2) is 36.5 Å². The lowest BCUT2D eigenvalue weighted by Gasteiger charge is -2.36. The van der Waals surface area contributed by atoms with Crippen molar-refractivity contribution in [1.82, 2.24) is 9.78 Å². The smallest absolute Gasteiger partial charge is 0.143 e. The second-order valence-corrected chi connectivity index (χ2v) is 10.2. The maximum Gasteiger partial charge on any atom is 0.143 e. The van der Waals surface area contributed by atoms with Crippen molar-refractivity contribution in [3.63, 3.8) is 0 Å². The Morgan fingerprint density at radius 1 is 0.966 bits per heavy atom. The van der Waals surface area contributed by atoms with Gasteiger partial charge in [0.15, 0.2) is 0 Å². The zero-order valence-corrected chi connectivity index (χ0v) is 18.8. The van der Waals surface area contributed by atoms with E-state index in [0.717, 1.165) is 25.4 Å². The van der Waals surface area contributed by atoms with Crippen molar-refractivity contribution in [3.8, 4) is 5.75 Å². The first kappa shape index (κ1) is 19.8. The van der Waals surface area contributed by atoms with Gasteiger partial charge in [0.1, 0.15) is 12.4 Å². The number of aromatic nitrogens is 2. The van der Waals surface area contributed by atoms with Gasteiger partial charge in [-0.05, 0) is 33.6 Å². The highest BCUT2D eigenvalue weighted by Gasteiger charge is 2.28. The molecule has 3 aromatic rings. The summed E-state index contributed by atoms with van der Waals surface area (Å²) in [6.45, 7) is 16.1. The minimum absolute atomic E-state index is 0.0578. The third kappa shape index (κ3) is 3.50. The molecule has 1 aliphatic heterocycles. The third-order valence-corrected chi connectivity index (χ3v) is 5.90. The number of ether oxygens (including phenoxy) is 1. The van der Waals surface area contributed by atoms with Crippen molar-refractivity contribution >= 4 is 16.6 Å². The fourth-order valence-electron chi connectivity index (χ4n) is 4.46. The van der Waals surface area contributed by atoms with E-state index in [-0.39, 0.29) is 10.8 Å². The van der Waals surface area contributed by atoms with E-state index in [1.165, 1.54) is 33.3 Å². The minimum Gasteiger partial charge on any atom is -0.490 e. The van der Waals surface area contributed by atoms with Crippen LogP contribution in [-0.2, 0) is 24.4 Å². The second-order valence-electron chi connectivity index (χ2n) is 10.2. The number of nitrogens with zero attached hydrogens (tertiary/aromatic N) is 3. The predicted octanol–water partition coefficient (Wildman–Crippen LogP) is 5.57. The van der Waals surface area contributed by atoms with Crippen LogP contribution in [0.5, 0.6) is 5.75 Å². The van der Waals surface area contributed by atoms with E-state index in [2.05, 4.69) is 81.9 Å². The van der Waals surface area contributed by atoms with Crippen molar-refractivity contribution in [3.05, 3.63) is 53.2 Å². The Balaban J connectivity index is 1.82. The van der Waals surface area contributed by atoms with E-state index in [9.17, 15) is 0 Å². The van der Waals surface area contributed by atoms with Crippen molar-refractivity contribution in [2.75, 3.05) is 18.1 Å². The van der Waals surface area contributed by atoms with E-state index in [1.807, 2.05) is 17.9 Å². The zero-order chi connectivity index (χ0) is 21.0. The molecule has 0 saturated carbocycles. The maximum atomic E-state index is 6.03. The fourth-order valence-corrected chi connectivity index (χ4v) is 4.46. The van der Waals surface area contributed by atoms with Crippen molar-refractivity contribution in [2.45, 2.75) is 58.9 Å². The van der Waals surface area contributed by atoms with Crippen LogP contribution in [0.25, 0.3) is 10.9 Å². The number of benzene rings is 2. The molecule has 0 amide bonds. The van der Waals surface area contributed by atoms with Crippen LogP contribution in [0.2, 0.25) is 0 Å². The largest absolute Gasteiger partial charge is 0.490 e. The van der Waals surface area contributed by atoms with Crippen LogP contribution < -0.4 is 9.64 Å². The number of anilines is 1. The monoisotopic (exact) mass is 391 g/mol. The molecule has 0 saturated heterocycles. The molecule has 1 aromatic heterocycles. The molecule has 2 heterocycles. The summed E-state index contributed by atoms with van der Waals surface area (Å²) in [6, 6.07) is 11.0. The van der Waals surface area contributed by atoms with Gasteiger partial charge in [-0.25, -0.2) is 0 Å². The average molecular weight is 392 g/mol. The number of rotatable bonds is 2. The van der Waals surface area contributed by atoms with E-state index in [1.54, 1.807) is 0 Å². The van der Waals surface area contributed by atoms with Gasteiger partial charge in [0.2, 0.25) is 0 Å². The van der Waals surface area contributed by atoms with Crippen molar-refractivity contribution < 1.29 is 4.74 Å². The van der Waals surface area contributed by atoms with Gasteiger partial charge in [-0.1, -0.05) is 65.8 Å². The molecule has 2 aromatic carbocycles. The summed E-state index contributed by atoms with van der Waals surface area (Å²) in [5, 5.41) is 5.86. The Bertz CT molecular complexity index is 1050. The molecule has 0 spiro atoms. The molecule has 4 heteroatoms. The van der Waals surface area contributed by atoms with Crippen molar-refractivity contribution in [2.24, 2.45) is 7.05 Å². The summed E-state index contributed by atoms with van der Waals surface area (Å²) in [6.07, 6.45) is 2.02. The molecule has 0 radical (unpaired) electrons. The third-order valence-electron chi connectivity index (χ3n) is 5.90. The Kier molecular flexibility index (Phi) is 4.64. The van der Waals surface area contributed by atoms with E-state index in [0.29, 0.717) is 0 Å². The van der Waals surface area contributed by atoms with E-state index in [4.69, 9.17) is 4.74 Å². The zero-order valence-electron chi connectivity index (χ0n) is 18.8. The molecule has 154 valence electrons. The molecule has 0 aliphatic carbocycles. The van der Waals surface area contributed by atoms with Gasteiger partial charge < -0.3 is 9.64 Å². The molecule has 0 atom stereocenters. The van der Waals surface area contributed by atoms with Crippen LogP contribution in [0, 0.1) is 0 Å². The fraction of sp³-hybridized carbons (Fsp3) is 0.480. The van der Waals surface area contributed by atoms with Gasteiger partial charge >= 0.3 is 0 Å². The Labute approximate surface area is 174 Å². The highest BCUT2D eigenvalue weighted by atomic mass is 16.5. The van der Waals surface area contributed by atoms with E-state index >= 15 is 0 Å². The lowest BCUT2D eigenvalue weighted by atomic mass is 9.84. The van der Waals surface area contributed by atoms with Gasteiger partial charge in [0.25, 0.3) is 0 Å². The van der Waals surface area contributed by atoms with Crippen molar-refractivity contribution in [1.29, 1.82) is 0 Å². The molecular formula is C25H33N3O. The average Bonchev–Trinajstić information content (AvgIpc) is 3.02. The first-order valence-electron chi connectivity index (χ1n) is 10.5. The van der Waals surface area contributed by atoms with Crippen LogP contribution >= 0.6 is 0 Å². The number of para-hydroxylation sites is 1. The van der Waals surface area contributed by atoms with Gasteiger partial charge in [0, 0.05) is 19.0 Å². The highest BCUT2D eigenvalue weighted by Crippen LogP contribution is 2.42. The van der Waals surface area contributed by atoms with Gasteiger partial charge in [-0.2, -0.15) is 5.10 Å². The molecule has 4 rings (SSSR count). The van der Waals surface area contributed by atoms with E-state index < -0.39 is 0 Å². The second kappa shape index (κ2) is 6.79. The molecule has 0 bridgehead atoms. The molecule has 0 unspecified atom stereocenters. The first-order valence-corrected chi connectivity index (χ1v) is 10.5. The van der Waals surface area contributed by atoms with Crippen LogP contribution in [0.4, 0.5) is 5.69 Å². The summed E-state index contributed by atoms with van der Waals surface area (Å²) in [4.78, 5) is 2.48. The molecule has 1 aliphatic rings. The lowest BCUT2D eigenvalue weighted by Crippen LogP contribution is -2.34. The summed E-state index contributed by atoms with van der Waals surface area (Å²) in [5.74, 6) is 0.997. The summed E-state index contributed by atoms with van der Waals surface area (Å²) in [5.41, 5.74) is 6.61. The summed E-state index contributed by atoms with van der Waals surface area (Å²) in [7, 11) is 2.05. The Hall–Kier alpha value is -2.49. The normalized spacial score (nSPS) is 14.8. The molecule has 29 heavy (non-hydrogen) atoms. The summed E-state index contributed by atoms with van der Waals surface area (Å²) >= 11 is 0. The van der Waals surface area contributed by atoms with Crippen LogP contribution in [0.3, 0.4) is 0 Å². The standard InChI is InChI=1S/C25H33N3O/c1-24(2,3)19-12-11-17(22-18(19)15-26-27(22)7)16-28-13-14-29-21-10-8-9-20(23(21)28)25(4,5)6/h8-12,15H,13-14,16H2,1-7H3. The topological polar surface area (TPSA) is 30.3 Å². The minimum atomic E-state index is 0.0578. The first-order chi connectivity index (χ1) is 13.6. The Morgan fingerprint density at radius 2 is 1.69 bits per heavy atom. The van der Waals surface area contributed by atoms with Gasteiger partial charge in [0.05, 0.1) is 23.9 Å². The number of aryl methyl sites for hydroxylation is 1. The number of fused-ring (bicyclic) bond motifs is 2. The predicted molar refractivity (Wildman–Crippen MR) is 121 cm³/mol. The quantitative estimate of drug-likeness (QED) is 0.572. The highest BCUT2D eigenvalue weighted by molar-refractivity contribution is 5.86. The molecular weight excluding hydrogens is 358 g/mol. The van der Waals surface area contributed by atoms with Gasteiger partial charge in [-0.15, -0.1) is 0 Å². The lowest BCUT2D eigenvalue weighted by molar-refractivity contribution is 0.305. The number of hydrogen-bond acceptors (Lipinski definition) is 3. The molecule has 0 N–H and O–H groups in total. The van der Waals surface area contributed by atoms with Gasteiger partial charge in [-0.3, -0.25) is 4.68 Å². The Morgan fingerprint density at radius 3 is 2.38 bits per heavy atom. The maximum absolute atomic E-state index is 6.03. The SMILES string of the molecule is Cn1ncc2c(C(C)(C)C)ccc(CN3CCOc4cccc(C(C)(C)C)c43)c21. The molecule has 4 nitrogen and oxygen atoms in total. The summed E-state index contributed by atoms with van der Waals surface area (Å²) < 4.78 is 8.05. The van der Waals surface area contributed by atoms with Crippen LogP contribution in [-0.4, -0.2) is 22.9 Å². The van der Waals surface area contributed by atoms with Crippen LogP contribution in [0.1, 0.15) is 58.2 Å². The number of hydrogen-bond donors (Lipinski definition) is 0.